The standard InChI is InChI=1S/C20H15N3O3S/c1-25-16-9-3-2-8-15(16)18-22-20(26-23-18)13-6-4-7-14(12-13)21-19(24)17-10-5-11-27-17/h2-12H,1H3,(H,21,24). The Kier molecular flexibility index (Phi) is 4.67. The number of methoxy groups -OCH3 is 1. The van der Waals surface area contributed by atoms with Gasteiger partial charge in [-0.3, -0.25) is 4.79 Å². The Labute approximate surface area is 159 Å². The molecule has 0 spiro atoms. The van der Waals surface area contributed by atoms with Crippen molar-refractivity contribution in [1.82, 2.24) is 10.1 Å². The van der Waals surface area contributed by atoms with E-state index in [4.69, 9.17) is 9.26 Å². The van der Waals surface area contributed by atoms with Gasteiger partial charge in [-0.2, -0.15) is 4.98 Å². The molecule has 2 aromatic carbocycles. The number of ether oxygens (including phenoxy) is 1. The SMILES string of the molecule is COc1ccccc1-c1noc(-c2cccc(NC(=O)c3cccs3)c2)n1. The molecule has 0 aliphatic rings. The summed E-state index contributed by atoms with van der Waals surface area (Å²) >= 11 is 1.39. The second kappa shape index (κ2) is 7.43. The Bertz CT molecular complexity index is 1070. The Morgan fingerprint density at radius 2 is 2.00 bits per heavy atom. The number of amides is 1. The van der Waals surface area contributed by atoms with E-state index in [0.717, 1.165) is 5.56 Å². The summed E-state index contributed by atoms with van der Waals surface area (Å²) in [5.41, 5.74) is 2.12. The van der Waals surface area contributed by atoms with Gasteiger partial charge < -0.3 is 14.6 Å². The van der Waals surface area contributed by atoms with E-state index in [2.05, 4.69) is 15.5 Å². The molecule has 1 amide bonds. The monoisotopic (exact) mass is 377 g/mol. The minimum absolute atomic E-state index is 0.151. The number of anilines is 1. The minimum Gasteiger partial charge on any atom is -0.496 e. The van der Waals surface area contributed by atoms with Crippen LogP contribution in [-0.2, 0) is 0 Å². The summed E-state index contributed by atoms with van der Waals surface area (Å²) in [6.07, 6.45) is 0. The first kappa shape index (κ1) is 17.0. The van der Waals surface area contributed by atoms with Crippen LogP contribution >= 0.6 is 11.3 Å². The van der Waals surface area contributed by atoms with E-state index in [9.17, 15) is 4.79 Å². The Hall–Kier alpha value is -3.45. The molecule has 27 heavy (non-hydrogen) atoms. The van der Waals surface area contributed by atoms with Crippen molar-refractivity contribution in [2.24, 2.45) is 0 Å². The van der Waals surface area contributed by atoms with Crippen molar-refractivity contribution < 1.29 is 14.1 Å². The predicted octanol–water partition coefficient (Wildman–Crippen LogP) is 4.73. The summed E-state index contributed by atoms with van der Waals surface area (Å²) in [7, 11) is 1.60. The molecule has 4 aromatic rings. The number of nitrogens with zero attached hydrogens (tertiary/aromatic N) is 2. The zero-order chi connectivity index (χ0) is 18.6. The zero-order valence-electron chi connectivity index (χ0n) is 14.4. The van der Waals surface area contributed by atoms with Gasteiger partial charge in [0.25, 0.3) is 11.8 Å². The molecule has 6 nitrogen and oxygen atoms in total. The van der Waals surface area contributed by atoms with E-state index in [1.165, 1.54) is 11.3 Å². The highest BCUT2D eigenvalue weighted by Crippen LogP contribution is 2.30. The summed E-state index contributed by atoms with van der Waals surface area (Å²) in [5, 5.41) is 8.79. The van der Waals surface area contributed by atoms with Gasteiger partial charge in [0.1, 0.15) is 5.75 Å². The van der Waals surface area contributed by atoms with Gasteiger partial charge in [-0.15, -0.1) is 11.3 Å². The first-order valence-corrected chi connectivity index (χ1v) is 9.05. The summed E-state index contributed by atoms with van der Waals surface area (Å²) in [6, 6.07) is 18.4. The number of aromatic nitrogens is 2. The van der Waals surface area contributed by atoms with Gasteiger partial charge in [0.15, 0.2) is 0 Å². The molecule has 0 aliphatic carbocycles. The van der Waals surface area contributed by atoms with Gasteiger partial charge in [-0.05, 0) is 41.8 Å². The van der Waals surface area contributed by atoms with Gasteiger partial charge in [0.05, 0.1) is 17.6 Å². The maximum atomic E-state index is 12.2. The van der Waals surface area contributed by atoms with Crippen molar-refractivity contribution in [2.45, 2.75) is 0 Å². The molecule has 1 N–H and O–H groups in total. The maximum absolute atomic E-state index is 12.2. The summed E-state index contributed by atoms with van der Waals surface area (Å²) in [4.78, 5) is 17.3. The quantitative estimate of drug-likeness (QED) is 0.544. The van der Waals surface area contributed by atoms with Crippen LogP contribution in [0.4, 0.5) is 5.69 Å². The predicted molar refractivity (Wildman–Crippen MR) is 104 cm³/mol. The van der Waals surface area contributed by atoms with Gasteiger partial charge >= 0.3 is 0 Å². The molecule has 0 saturated heterocycles. The topological polar surface area (TPSA) is 77.3 Å². The number of thiophene rings is 1. The number of hydrogen-bond acceptors (Lipinski definition) is 6. The molecule has 0 radical (unpaired) electrons. The Morgan fingerprint density at radius 1 is 1.11 bits per heavy atom. The van der Waals surface area contributed by atoms with E-state index in [1.54, 1.807) is 19.2 Å². The average molecular weight is 377 g/mol. The third-order valence-electron chi connectivity index (χ3n) is 3.89. The summed E-state index contributed by atoms with van der Waals surface area (Å²) < 4.78 is 10.8. The van der Waals surface area contributed by atoms with Gasteiger partial charge in [-0.1, -0.05) is 29.4 Å². The average Bonchev–Trinajstić information content (AvgIpc) is 3.40. The molecule has 0 atom stereocenters. The number of hydrogen-bond donors (Lipinski definition) is 1. The highest BCUT2D eigenvalue weighted by molar-refractivity contribution is 7.12. The van der Waals surface area contributed by atoms with Gasteiger partial charge in [-0.25, -0.2) is 0 Å². The molecular weight excluding hydrogens is 362 g/mol. The Morgan fingerprint density at radius 3 is 2.81 bits per heavy atom. The van der Waals surface area contributed by atoms with Crippen LogP contribution < -0.4 is 10.1 Å². The molecule has 0 saturated carbocycles. The molecule has 0 unspecified atom stereocenters. The van der Waals surface area contributed by atoms with E-state index < -0.39 is 0 Å². The Balaban J connectivity index is 1.59. The number of nitrogens with one attached hydrogen (secondary N) is 1. The minimum atomic E-state index is -0.151. The first-order chi connectivity index (χ1) is 13.2. The van der Waals surface area contributed by atoms with Crippen molar-refractivity contribution in [1.29, 1.82) is 0 Å². The van der Waals surface area contributed by atoms with Crippen molar-refractivity contribution >= 4 is 22.9 Å². The van der Waals surface area contributed by atoms with Crippen LogP contribution in [-0.4, -0.2) is 23.2 Å². The smallest absolute Gasteiger partial charge is 0.265 e. The van der Waals surface area contributed by atoms with Crippen LogP contribution in [0.3, 0.4) is 0 Å². The number of carbonyl (C=O) groups is 1. The third-order valence-corrected chi connectivity index (χ3v) is 4.75. The lowest BCUT2D eigenvalue weighted by Gasteiger charge is -2.04. The van der Waals surface area contributed by atoms with Gasteiger partial charge in [0, 0.05) is 11.3 Å². The fourth-order valence-electron chi connectivity index (χ4n) is 2.61. The number of carbonyl (C=O) groups excluding carboxylic acids is 1. The van der Waals surface area contributed by atoms with E-state index in [1.807, 2.05) is 53.9 Å². The first-order valence-electron chi connectivity index (χ1n) is 8.17. The molecule has 134 valence electrons. The lowest BCUT2D eigenvalue weighted by Crippen LogP contribution is -2.09. The molecule has 7 heteroatoms. The maximum Gasteiger partial charge on any atom is 0.265 e. The third kappa shape index (κ3) is 3.58. The highest BCUT2D eigenvalue weighted by Gasteiger charge is 2.15. The van der Waals surface area contributed by atoms with Crippen LogP contribution in [0.25, 0.3) is 22.8 Å². The number of rotatable bonds is 5. The molecule has 2 aromatic heterocycles. The van der Waals surface area contributed by atoms with E-state index in [-0.39, 0.29) is 5.91 Å². The van der Waals surface area contributed by atoms with Crippen LogP contribution in [0.1, 0.15) is 9.67 Å². The van der Waals surface area contributed by atoms with E-state index >= 15 is 0 Å². The van der Waals surface area contributed by atoms with Crippen molar-refractivity contribution in [3.05, 3.63) is 70.9 Å². The fraction of sp³-hybridized carbons (Fsp3) is 0.0500. The van der Waals surface area contributed by atoms with Crippen LogP contribution in [0.15, 0.2) is 70.6 Å². The highest BCUT2D eigenvalue weighted by atomic mass is 32.1. The lowest BCUT2D eigenvalue weighted by atomic mass is 10.2. The largest absolute Gasteiger partial charge is 0.496 e. The summed E-state index contributed by atoms with van der Waals surface area (Å²) in [5.74, 6) is 1.32. The van der Waals surface area contributed by atoms with Crippen molar-refractivity contribution in [2.75, 3.05) is 12.4 Å². The molecule has 4 rings (SSSR count). The second-order valence-corrected chi connectivity index (χ2v) is 6.58. The van der Waals surface area contributed by atoms with Crippen LogP contribution in [0.2, 0.25) is 0 Å². The van der Waals surface area contributed by atoms with Gasteiger partial charge in [0.2, 0.25) is 5.82 Å². The lowest BCUT2D eigenvalue weighted by molar-refractivity contribution is 0.103. The van der Waals surface area contributed by atoms with Crippen LogP contribution in [0.5, 0.6) is 5.75 Å². The van der Waals surface area contributed by atoms with Crippen LogP contribution in [0, 0.1) is 0 Å². The molecule has 0 aliphatic heterocycles. The normalized spacial score (nSPS) is 10.6. The van der Waals surface area contributed by atoms with Crippen molar-refractivity contribution in [3.8, 4) is 28.6 Å². The fourth-order valence-corrected chi connectivity index (χ4v) is 3.23. The number of para-hydroxylation sites is 1. The zero-order valence-corrected chi connectivity index (χ0v) is 15.2. The number of benzene rings is 2. The molecule has 0 fully saturated rings. The molecule has 2 heterocycles. The van der Waals surface area contributed by atoms with Crippen molar-refractivity contribution in [3.63, 3.8) is 0 Å². The van der Waals surface area contributed by atoms with E-state index in [0.29, 0.717) is 33.6 Å². The molecular formula is C20H15N3O3S. The second-order valence-electron chi connectivity index (χ2n) is 5.64. The molecule has 0 bridgehead atoms. The summed E-state index contributed by atoms with van der Waals surface area (Å²) in [6.45, 7) is 0.